The molecule has 2 N–H and O–H groups in total. The number of piperidine rings is 1. The number of carbonyl (C=O) groups excluding carboxylic acids is 1. The maximum absolute atomic E-state index is 13.8. The van der Waals surface area contributed by atoms with E-state index in [1.807, 2.05) is 42.2 Å². The van der Waals surface area contributed by atoms with Gasteiger partial charge in [0.25, 0.3) is 0 Å². The summed E-state index contributed by atoms with van der Waals surface area (Å²) < 4.78 is 5.65. The minimum Gasteiger partial charge on any atom is -0.465 e. The van der Waals surface area contributed by atoms with Crippen LogP contribution in [0, 0.1) is 12.8 Å². The van der Waals surface area contributed by atoms with Gasteiger partial charge in [0.05, 0.1) is 24.8 Å². The Kier molecular flexibility index (Phi) is 5.93. The molecule has 4 heterocycles. The van der Waals surface area contributed by atoms with Crippen molar-refractivity contribution in [1.82, 2.24) is 9.88 Å². The van der Waals surface area contributed by atoms with Gasteiger partial charge in [-0.1, -0.05) is 24.3 Å². The average molecular weight is 451 g/mol. The number of likely N-dealkylation sites (tertiary alicyclic amines) is 1. The molecule has 2 aromatic rings. The molecule has 0 aliphatic carbocycles. The summed E-state index contributed by atoms with van der Waals surface area (Å²) in [5.41, 5.74) is 3.95. The lowest BCUT2D eigenvalue weighted by atomic mass is 9.82. The second-order valence-electron chi connectivity index (χ2n) is 9.24. The van der Waals surface area contributed by atoms with Gasteiger partial charge in [0.1, 0.15) is 5.82 Å². The molecule has 174 valence electrons. The maximum atomic E-state index is 13.8. The van der Waals surface area contributed by atoms with Crippen LogP contribution in [0.1, 0.15) is 42.0 Å². The first-order valence-corrected chi connectivity index (χ1v) is 11.7. The SMILES string of the molecule is Cc1ccccc1N1Cc2ccc(NC3CCN(C(=O)O)CC3)nc2C([C@@H]2CCOC2)C1=O. The molecule has 1 aromatic heterocycles. The van der Waals surface area contributed by atoms with Crippen LogP contribution in [-0.4, -0.2) is 59.3 Å². The number of aromatic nitrogens is 1. The average Bonchev–Trinajstić information content (AvgIpc) is 3.34. The maximum Gasteiger partial charge on any atom is 0.407 e. The summed E-state index contributed by atoms with van der Waals surface area (Å²) in [6, 6.07) is 12.2. The lowest BCUT2D eigenvalue weighted by Gasteiger charge is -2.37. The number of ether oxygens (including phenoxy) is 1. The van der Waals surface area contributed by atoms with Gasteiger partial charge in [-0.15, -0.1) is 0 Å². The summed E-state index contributed by atoms with van der Waals surface area (Å²) in [5.74, 6) is 0.631. The van der Waals surface area contributed by atoms with Crippen LogP contribution in [0.25, 0.3) is 0 Å². The van der Waals surface area contributed by atoms with Crippen LogP contribution in [0.15, 0.2) is 36.4 Å². The molecule has 1 aromatic carbocycles. The first-order valence-electron chi connectivity index (χ1n) is 11.7. The van der Waals surface area contributed by atoms with Gasteiger partial charge < -0.3 is 25.0 Å². The number of benzene rings is 1. The third-order valence-corrected chi connectivity index (χ3v) is 7.13. The molecule has 0 radical (unpaired) electrons. The van der Waals surface area contributed by atoms with Gasteiger partial charge in [-0.2, -0.15) is 0 Å². The van der Waals surface area contributed by atoms with Crippen molar-refractivity contribution in [2.75, 3.05) is 36.5 Å². The van der Waals surface area contributed by atoms with Crippen molar-refractivity contribution in [3.63, 3.8) is 0 Å². The van der Waals surface area contributed by atoms with E-state index in [2.05, 4.69) is 11.4 Å². The van der Waals surface area contributed by atoms with Crippen LogP contribution >= 0.6 is 0 Å². The Labute approximate surface area is 193 Å². The number of pyridine rings is 1. The number of hydrogen-bond acceptors (Lipinski definition) is 5. The van der Waals surface area contributed by atoms with Gasteiger partial charge in [0.2, 0.25) is 5.91 Å². The van der Waals surface area contributed by atoms with E-state index in [0.29, 0.717) is 32.8 Å². The Morgan fingerprint density at radius 3 is 2.64 bits per heavy atom. The molecule has 5 rings (SSSR count). The van der Waals surface area contributed by atoms with E-state index in [9.17, 15) is 14.7 Å². The number of hydrogen-bond donors (Lipinski definition) is 2. The number of carbonyl (C=O) groups is 2. The van der Waals surface area contributed by atoms with Crippen molar-refractivity contribution < 1.29 is 19.4 Å². The lowest BCUT2D eigenvalue weighted by Crippen LogP contribution is -2.43. The van der Waals surface area contributed by atoms with E-state index in [4.69, 9.17) is 9.72 Å². The number of para-hydroxylation sites is 1. The minimum atomic E-state index is -0.862. The van der Waals surface area contributed by atoms with Crippen LogP contribution in [-0.2, 0) is 16.1 Å². The zero-order valence-electron chi connectivity index (χ0n) is 18.9. The van der Waals surface area contributed by atoms with E-state index < -0.39 is 6.09 Å². The summed E-state index contributed by atoms with van der Waals surface area (Å²) in [7, 11) is 0. The first-order chi connectivity index (χ1) is 16.0. The number of rotatable bonds is 4. The molecule has 1 unspecified atom stereocenters. The summed E-state index contributed by atoms with van der Waals surface area (Å²) in [6.45, 7) is 4.83. The molecular formula is C25H30N4O4. The van der Waals surface area contributed by atoms with Crippen molar-refractivity contribution in [3.05, 3.63) is 53.2 Å². The van der Waals surface area contributed by atoms with E-state index in [1.54, 1.807) is 0 Å². The monoisotopic (exact) mass is 450 g/mol. The Morgan fingerprint density at radius 1 is 1.15 bits per heavy atom. The highest BCUT2D eigenvalue weighted by Gasteiger charge is 2.42. The summed E-state index contributed by atoms with van der Waals surface area (Å²) in [4.78, 5) is 33.2. The second kappa shape index (κ2) is 9.02. The normalized spacial score (nSPS) is 23.5. The fourth-order valence-electron chi connectivity index (χ4n) is 5.26. The summed E-state index contributed by atoms with van der Waals surface area (Å²) >= 11 is 0. The molecule has 2 saturated heterocycles. The van der Waals surface area contributed by atoms with Crippen molar-refractivity contribution in [3.8, 4) is 0 Å². The topological polar surface area (TPSA) is 95.0 Å². The Balaban J connectivity index is 1.42. The molecule has 3 aliphatic heterocycles. The highest BCUT2D eigenvalue weighted by molar-refractivity contribution is 6.00. The van der Waals surface area contributed by atoms with Crippen molar-refractivity contribution in [1.29, 1.82) is 0 Å². The Morgan fingerprint density at radius 2 is 1.94 bits per heavy atom. The molecule has 0 bridgehead atoms. The molecule has 2 fully saturated rings. The quantitative estimate of drug-likeness (QED) is 0.739. The number of anilines is 2. The zero-order chi connectivity index (χ0) is 22.9. The fraction of sp³-hybridized carbons (Fsp3) is 0.480. The van der Waals surface area contributed by atoms with Crippen LogP contribution < -0.4 is 10.2 Å². The standard InChI is InChI=1S/C25H30N4O4/c1-16-4-2-3-5-20(16)29-14-17-6-7-21(26-19-8-11-28(12-9-19)25(31)32)27-23(17)22(24(29)30)18-10-13-33-15-18/h2-7,18-19,22H,8-15H2,1H3,(H,26,27)(H,31,32)/t18-,22?/m1/s1. The third-order valence-electron chi connectivity index (χ3n) is 7.13. The highest BCUT2D eigenvalue weighted by atomic mass is 16.5. The number of aryl methyl sites for hydroxylation is 1. The Hall–Kier alpha value is -3.13. The van der Waals surface area contributed by atoms with E-state index >= 15 is 0 Å². The summed E-state index contributed by atoms with van der Waals surface area (Å²) in [6.07, 6.45) is 1.47. The molecule has 3 aliphatic rings. The van der Waals surface area contributed by atoms with Crippen molar-refractivity contribution in [2.24, 2.45) is 5.92 Å². The highest BCUT2D eigenvalue weighted by Crippen LogP contribution is 2.40. The predicted molar refractivity (Wildman–Crippen MR) is 125 cm³/mol. The van der Waals surface area contributed by atoms with Crippen LogP contribution in [0.5, 0.6) is 0 Å². The number of carboxylic acid groups (broad SMARTS) is 1. The number of fused-ring (bicyclic) bond motifs is 1. The van der Waals surface area contributed by atoms with E-state index in [-0.39, 0.29) is 23.8 Å². The van der Waals surface area contributed by atoms with Gasteiger partial charge in [0.15, 0.2) is 0 Å². The molecule has 33 heavy (non-hydrogen) atoms. The third kappa shape index (κ3) is 4.27. The Bertz CT molecular complexity index is 1040. The number of nitrogens with zero attached hydrogens (tertiary/aromatic N) is 3. The molecular weight excluding hydrogens is 420 g/mol. The smallest absolute Gasteiger partial charge is 0.407 e. The van der Waals surface area contributed by atoms with Gasteiger partial charge >= 0.3 is 6.09 Å². The van der Waals surface area contributed by atoms with Gasteiger partial charge in [0, 0.05) is 37.3 Å². The predicted octanol–water partition coefficient (Wildman–Crippen LogP) is 3.61. The van der Waals surface area contributed by atoms with Crippen LogP contribution in [0.2, 0.25) is 0 Å². The van der Waals surface area contributed by atoms with Crippen molar-refractivity contribution in [2.45, 2.75) is 44.7 Å². The molecule has 8 heteroatoms. The minimum absolute atomic E-state index is 0.0896. The first kappa shape index (κ1) is 21.7. The van der Waals surface area contributed by atoms with Crippen LogP contribution in [0.3, 0.4) is 0 Å². The summed E-state index contributed by atoms with van der Waals surface area (Å²) in [5, 5.41) is 12.7. The fourth-order valence-corrected chi connectivity index (χ4v) is 5.26. The van der Waals surface area contributed by atoms with Crippen molar-refractivity contribution >= 4 is 23.5 Å². The van der Waals surface area contributed by atoms with E-state index in [0.717, 1.165) is 47.6 Å². The van der Waals surface area contributed by atoms with Gasteiger partial charge in [-0.3, -0.25) is 4.79 Å². The van der Waals surface area contributed by atoms with Crippen LogP contribution in [0.4, 0.5) is 16.3 Å². The van der Waals surface area contributed by atoms with E-state index in [1.165, 1.54) is 4.90 Å². The largest absolute Gasteiger partial charge is 0.465 e. The second-order valence-corrected chi connectivity index (χ2v) is 9.24. The zero-order valence-corrected chi connectivity index (χ0v) is 18.9. The van der Waals surface area contributed by atoms with Gasteiger partial charge in [-0.25, -0.2) is 9.78 Å². The molecule has 8 nitrogen and oxygen atoms in total. The number of amides is 2. The molecule has 2 atom stereocenters. The number of nitrogens with one attached hydrogen (secondary N) is 1. The molecule has 2 amide bonds. The molecule has 0 saturated carbocycles. The lowest BCUT2D eigenvalue weighted by molar-refractivity contribution is -0.122. The van der Waals surface area contributed by atoms with Gasteiger partial charge in [-0.05, 0) is 49.4 Å². The molecule has 0 spiro atoms.